The van der Waals surface area contributed by atoms with Crippen molar-refractivity contribution in [1.29, 1.82) is 0 Å². The molecule has 0 aromatic rings. The summed E-state index contributed by atoms with van der Waals surface area (Å²) in [7, 11) is 0. The van der Waals surface area contributed by atoms with Crippen molar-refractivity contribution in [2.24, 2.45) is 0 Å². The summed E-state index contributed by atoms with van der Waals surface area (Å²) >= 11 is 0. The molecule has 0 amide bonds. The van der Waals surface area contributed by atoms with Crippen molar-refractivity contribution in [3.05, 3.63) is 0 Å². The van der Waals surface area contributed by atoms with E-state index in [-0.39, 0.29) is 25.6 Å². The number of rotatable bonds is 26. The van der Waals surface area contributed by atoms with E-state index < -0.39 is 17.9 Å². The molecule has 0 radical (unpaired) electrons. The van der Waals surface area contributed by atoms with Crippen LogP contribution in [0.2, 0.25) is 0 Å². The predicted octanol–water partition coefficient (Wildman–Crippen LogP) is 6.55. The molecule has 0 fully saturated rings. The molecule has 0 aliphatic carbocycles. The van der Waals surface area contributed by atoms with E-state index in [2.05, 4.69) is 0 Å². The van der Waals surface area contributed by atoms with Crippen LogP contribution in [0, 0.1) is 0 Å². The van der Waals surface area contributed by atoms with Crippen LogP contribution in [0.25, 0.3) is 0 Å². The van der Waals surface area contributed by atoms with Gasteiger partial charge in [-0.1, -0.05) is 89.9 Å². The molecule has 1 atom stereocenters. The molecule has 0 spiro atoms. The van der Waals surface area contributed by atoms with E-state index in [0.29, 0.717) is 25.9 Å². The van der Waals surface area contributed by atoms with Gasteiger partial charge in [-0.2, -0.15) is 0 Å². The smallest absolute Gasteiger partial charge is 0.303 e. The molecule has 1 unspecified atom stereocenters. The third-order valence-electron chi connectivity index (χ3n) is 6.11. The van der Waals surface area contributed by atoms with Gasteiger partial charge in [0.25, 0.3) is 0 Å². The van der Waals surface area contributed by atoms with Gasteiger partial charge in [0.05, 0.1) is 6.10 Å². The largest absolute Gasteiger partial charge is 0.481 e. The van der Waals surface area contributed by atoms with Gasteiger partial charge in [-0.15, -0.1) is 0 Å². The number of carboxylic acids is 3. The van der Waals surface area contributed by atoms with Crippen LogP contribution in [-0.4, -0.2) is 67.9 Å². The summed E-state index contributed by atoms with van der Waals surface area (Å²) in [4.78, 5) is 30.3. The lowest BCUT2D eigenvalue weighted by molar-refractivity contribution is -0.138. The molecule has 0 saturated carbocycles. The molecule has 0 bridgehead atoms. The molecule has 0 aromatic carbocycles. The highest BCUT2D eigenvalue weighted by molar-refractivity contribution is 5.67. The van der Waals surface area contributed by atoms with Crippen LogP contribution in [0.5, 0.6) is 0 Å². The summed E-state index contributed by atoms with van der Waals surface area (Å²) < 4.78 is 0. The Hall–Kier alpha value is -1.71. The Morgan fingerprint density at radius 1 is 0.436 bits per heavy atom. The second-order valence-electron chi connectivity index (χ2n) is 10.2. The molecule has 0 rings (SSSR count). The van der Waals surface area contributed by atoms with Gasteiger partial charge in [-0.25, -0.2) is 0 Å². The van der Waals surface area contributed by atoms with Crippen molar-refractivity contribution < 1.29 is 45.0 Å². The first-order chi connectivity index (χ1) is 18.7. The molecule has 0 aliphatic rings. The SMILES string of the molecule is CC(O)CCCC(=O)O.O=C(O)CCCCCCCCCCCCCCCO.O=C(O)CCCCCCCO. The van der Waals surface area contributed by atoms with Gasteiger partial charge in [0.2, 0.25) is 0 Å². The first-order valence-electron chi connectivity index (χ1n) is 15.2. The summed E-state index contributed by atoms with van der Waals surface area (Å²) in [6.07, 6.45) is 21.9. The van der Waals surface area contributed by atoms with Gasteiger partial charge in [0.15, 0.2) is 0 Å². The molecule has 9 heteroatoms. The molecule has 39 heavy (non-hydrogen) atoms. The first-order valence-corrected chi connectivity index (χ1v) is 15.2. The molecule has 234 valence electrons. The number of carbonyl (C=O) groups is 3. The van der Waals surface area contributed by atoms with E-state index in [1.165, 1.54) is 64.2 Å². The van der Waals surface area contributed by atoms with Crippen molar-refractivity contribution >= 4 is 17.9 Å². The van der Waals surface area contributed by atoms with Crippen LogP contribution >= 0.6 is 0 Å². The highest BCUT2D eigenvalue weighted by Gasteiger charge is 1.99. The highest BCUT2D eigenvalue weighted by atomic mass is 16.4. The maximum atomic E-state index is 10.3. The minimum atomic E-state index is -0.796. The molecular weight excluding hydrogens is 504 g/mol. The first kappa shape index (κ1) is 41.8. The van der Waals surface area contributed by atoms with Gasteiger partial charge < -0.3 is 30.6 Å². The van der Waals surface area contributed by atoms with E-state index in [4.69, 9.17) is 30.6 Å². The number of aliphatic carboxylic acids is 3. The van der Waals surface area contributed by atoms with Crippen molar-refractivity contribution in [2.45, 2.75) is 161 Å². The van der Waals surface area contributed by atoms with Crippen LogP contribution in [0.1, 0.15) is 155 Å². The normalized spacial score (nSPS) is 11.1. The third kappa shape index (κ3) is 53.3. The zero-order chi connectivity index (χ0) is 30.0. The monoisotopic (exact) mass is 564 g/mol. The molecule has 0 aliphatic heterocycles. The number of hydrogen-bond acceptors (Lipinski definition) is 6. The maximum absolute atomic E-state index is 10.3. The maximum Gasteiger partial charge on any atom is 0.303 e. The third-order valence-corrected chi connectivity index (χ3v) is 6.11. The molecule has 0 saturated heterocycles. The van der Waals surface area contributed by atoms with Crippen molar-refractivity contribution in [2.75, 3.05) is 13.2 Å². The lowest BCUT2D eigenvalue weighted by Gasteiger charge is -2.02. The number of aliphatic hydroxyl groups is 3. The number of carboxylic acid groups (broad SMARTS) is 3. The van der Waals surface area contributed by atoms with Crippen LogP contribution in [0.4, 0.5) is 0 Å². The van der Waals surface area contributed by atoms with Crippen LogP contribution in [-0.2, 0) is 14.4 Å². The fourth-order valence-electron chi connectivity index (χ4n) is 3.80. The Bertz CT molecular complexity index is 525. The van der Waals surface area contributed by atoms with Gasteiger partial charge in [-0.05, 0) is 45.4 Å². The van der Waals surface area contributed by atoms with Gasteiger partial charge in [-0.3, -0.25) is 14.4 Å². The molecule has 9 nitrogen and oxygen atoms in total. The van der Waals surface area contributed by atoms with Gasteiger partial charge in [0, 0.05) is 32.5 Å². The van der Waals surface area contributed by atoms with Crippen molar-refractivity contribution in [1.82, 2.24) is 0 Å². The summed E-state index contributed by atoms with van der Waals surface area (Å²) in [6, 6.07) is 0. The van der Waals surface area contributed by atoms with Crippen molar-refractivity contribution in [3.8, 4) is 0 Å². The lowest BCUT2D eigenvalue weighted by atomic mass is 10.0. The Balaban J connectivity index is -0.000000549. The van der Waals surface area contributed by atoms with E-state index >= 15 is 0 Å². The molecule has 0 heterocycles. The number of aliphatic hydroxyl groups excluding tert-OH is 3. The topological polar surface area (TPSA) is 173 Å². The Morgan fingerprint density at radius 2 is 0.667 bits per heavy atom. The van der Waals surface area contributed by atoms with E-state index in [1.807, 2.05) is 0 Å². The summed E-state index contributed by atoms with van der Waals surface area (Å²) in [5, 5.41) is 50.6. The van der Waals surface area contributed by atoms with Crippen LogP contribution in [0.15, 0.2) is 0 Å². The average molecular weight is 565 g/mol. The van der Waals surface area contributed by atoms with Crippen molar-refractivity contribution in [3.63, 3.8) is 0 Å². The highest BCUT2D eigenvalue weighted by Crippen LogP contribution is 2.13. The Labute approximate surface area is 237 Å². The quantitative estimate of drug-likeness (QED) is 0.0637. The lowest BCUT2D eigenvalue weighted by Crippen LogP contribution is -2.01. The van der Waals surface area contributed by atoms with Gasteiger partial charge >= 0.3 is 17.9 Å². The minimum absolute atomic E-state index is 0.158. The second-order valence-corrected chi connectivity index (χ2v) is 10.2. The van der Waals surface area contributed by atoms with Gasteiger partial charge in [0.1, 0.15) is 0 Å². The standard InChI is InChI=1S/C16H32O3.C8H16O3.C6H12O3/c17-15-13-11-9-7-5-3-1-2-4-6-8-10-12-14-16(18)19;9-7-5-3-1-2-4-6-8(10)11;1-5(7)3-2-4-6(8)9/h17H,1-15H2,(H,18,19);9H,1-7H2,(H,10,11);5,7H,2-4H2,1H3,(H,8,9). The van der Waals surface area contributed by atoms with Crippen LogP contribution in [0.3, 0.4) is 0 Å². The zero-order valence-electron chi connectivity index (χ0n) is 24.7. The van der Waals surface area contributed by atoms with E-state index in [0.717, 1.165) is 51.4 Å². The zero-order valence-corrected chi connectivity index (χ0v) is 24.7. The molecule has 6 N–H and O–H groups in total. The van der Waals surface area contributed by atoms with E-state index in [1.54, 1.807) is 6.92 Å². The second kappa shape index (κ2) is 36.3. The minimum Gasteiger partial charge on any atom is -0.481 e. The fourth-order valence-corrected chi connectivity index (χ4v) is 3.80. The predicted molar refractivity (Wildman–Crippen MR) is 155 cm³/mol. The average Bonchev–Trinajstić information content (AvgIpc) is 2.86. The molecule has 0 aromatic heterocycles. The van der Waals surface area contributed by atoms with Crippen LogP contribution < -0.4 is 0 Å². The fraction of sp³-hybridized carbons (Fsp3) is 0.900. The number of hydrogen-bond donors (Lipinski definition) is 6. The summed E-state index contributed by atoms with van der Waals surface area (Å²) in [5.41, 5.74) is 0. The van der Waals surface area contributed by atoms with E-state index in [9.17, 15) is 14.4 Å². The summed E-state index contributed by atoms with van der Waals surface area (Å²) in [5.74, 6) is -2.18. The summed E-state index contributed by atoms with van der Waals surface area (Å²) in [6.45, 7) is 2.24. The Kier molecular flexibility index (Phi) is 38.9. The Morgan fingerprint density at radius 3 is 0.897 bits per heavy atom. The molecular formula is C30H60O9. The number of unbranched alkanes of at least 4 members (excludes halogenated alkanes) is 16.